The van der Waals surface area contributed by atoms with Gasteiger partial charge in [0.25, 0.3) is 5.91 Å². The first-order valence-electron chi connectivity index (χ1n) is 8.85. The number of nitrogens with one attached hydrogen (secondary N) is 2. The molecular formula is C20H17N3O5S. The summed E-state index contributed by atoms with van der Waals surface area (Å²) >= 11 is 1.15. The smallest absolute Gasteiger partial charge is 0.413 e. The molecule has 1 aliphatic heterocycles. The number of aromatic nitrogens is 1. The first-order valence-corrected chi connectivity index (χ1v) is 9.66. The summed E-state index contributed by atoms with van der Waals surface area (Å²) in [5, 5.41) is 6.28. The van der Waals surface area contributed by atoms with Crippen LogP contribution in [0.3, 0.4) is 0 Å². The number of rotatable bonds is 5. The molecule has 0 saturated heterocycles. The van der Waals surface area contributed by atoms with Gasteiger partial charge in [-0.15, -0.1) is 0 Å². The molecule has 1 aliphatic rings. The standard InChI is InChI=1S/C20H17N3O5S/c1-2-26-20(25)23-19-21-16(12-6-4-3-5-7-12)18(29-19)22-17(24)13-8-9-14-15(10-13)28-11-27-14/h3-10H,2,11H2,1H3,(H,22,24)(H,21,23,25). The third-order valence-electron chi connectivity index (χ3n) is 4.02. The molecule has 0 fully saturated rings. The lowest BCUT2D eigenvalue weighted by molar-refractivity contribution is 0.102. The van der Waals surface area contributed by atoms with E-state index in [-0.39, 0.29) is 19.3 Å². The molecule has 29 heavy (non-hydrogen) atoms. The highest BCUT2D eigenvalue weighted by molar-refractivity contribution is 7.20. The van der Waals surface area contributed by atoms with Crippen LogP contribution in [0.25, 0.3) is 11.3 Å². The molecule has 0 saturated carbocycles. The predicted molar refractivity (Wildman–Crippen MR) is 109 cm³/mol. The van der Waals surface area contributed by atoms with Crippen LogP contribution in [0.5, 0.6) is 11.5 Å². The minimum Gasteiger partial charge on any atom is -0.454 e. The number of amides is 2. The van der Waals surface area contributed by atoms with Gasteiger partial charge < -0.3 is 19.5 Å². The van der Waals surface area contributed by atoms with Gasteiger partial charge in [0.15, 0.2) is 16.6 Å². The average Bonchev–Trinajstić information content (AvgIpc) is 3.35. The van der Waals surface area contributed by atoms with E-state index in [0.29, 0.717) is 32.9 Å². The number of benzene rings is 2. The van der Waals surface area contributed by atoms with Gasteiger partial charge in [0.1, 0.15) is 10.7 Å². The Balaban J connectivity index is 1.61. The molecule has 0 aliphatic carbocycles. The summed E-state index contributed by atoms with van der Waals surface area (Å²) in [6.07, 6.45) is -0.602. The maximum atomic E-state index is 12.8. The third-order valence-corrected chi connectivity index (χ3v) is 4.91. The van der Waals surface area contributed by atoms with Crippen LogP contribution in [0.1, 0.15) is 17.3 Å². The van der Waals surface area contributed by atoms with Gasteiger partial charge in [0, 0.05) is 11.1 Å². The van der Waals surface area contributed by atoms with E-state index >= 15 is 0 Å². The molecular weight excluding hydrogens is 394 g/mol. The largest absolute Gasteiger partial charge is 0.454 e. The fourth-order valence-electron chi connectivity index (χ4n) is 2.72. The van der Waals surface area contributed by atoms with Crippen molar-refractivity contribution < 1.29 is 23.8 Å². The fraction of sp³-hybridized carbons (Fsp3) is 0.150. The molecule has 9 heteroatoms. The summed E-state index contributed by atoms with van der Waals surface area (Å²) in [5.74, 6) is 0.798. The summed E-state index contributed by atoms with van der Waals surface area (Å²) in [7, 11) is 0. The number of ether oxygens (including phenoxy) is 3. The summed E-state index contributed by atoms with van der Waals surface area (Å²) in [6.45, 7) is 2.10. The van der Waals surface area contributed by atoms with Crippen molar-refractivity contribution in [1.82, 2.24) is 4.98 Å². The number of nitrogens with zero attached hydrogens (tertiary/aromatic N) is 1. The van der Waals surface area contributed by atoms with E-state index in [0.717, 1.165) is 16.9 Å². The molecule has 0 radical (unpaired) electrons. The van der Waals surface area contributed by atoms with Crippen LogP contribution in [-0.4, -0.2) is 30.4 Å². The Bertz CT molecular complexity index is 1050. The van der Waals surface area contributed by atoms with Crippen molar-refractivity contribution in [2.75, 3.05) is 24.0 Å². The van der Waals surface area contributed by atoms with Gasteiger partial charge in [0.2, 0.25) is 6.79 Å². The predicted octanol–water partition coefficient (Wildman–Crippen LogP) is 4.36. The van der Waals surface area contributed by atoms with Gasteiger partial charge in [-0.3, -0.25) is 10.1 Å². The third kappa shape index (κ3) is 4.14. The molecule has 1 aromatic heterocycles. The number of fused-ring (bicyclic) bond motifs is 1. The van der Waals surface area contributed by atoms with Crippen LogP contribution in [-0.2, 0) is 4.74 Å². The Hall–Kier alpha value is -3.59. The van der Waals surface area contributed by atoms with E-state index < -0.39 is 6.09 Å². The fourth-order valence-corrected chi connectivity index (χ4v) is 3.59. The Morgan fingerprint density at radius 2 is 1.90 bits per heavy atom. The Kier molecular flexibility index (Phi) is 5.30. The highest BCUT2D eigenvalue weighted by atomic mass is 32.1. The van der Waals surface area contributed by atoms with Crippen LogP contribution in [0.4, 0.5) is 14.9 Å². The van der Waals surface area contributed by atoms with Gasteiger partial charge in [-0.05, 0) is 25.1 Å². The molecule has 3 aromatic rings. The molecule has 0 bridgehead atoms. The van der Waals surface area contributed by atoms with Crippen LogP contribution in [0.2, 0.25) is 0 Å². The molecule has 148 valence electrons. The number of thiazole rings is 1. The van der Waals surface area contributed by atoms with Gasteiger partial charge in [-0.2, -0.15) is 0 Å². The molecule has 2 amide bonds. The minimum atomic E-state index is -0.602. The summed E-state index contributed by atoms with van der Waals surface area (Å²) in [5.41, 5.74) is 1.78. The van der Waals surface area contributed by atoms with E-state index in [1.165, 1.54) is 0 Å². The normalized spacial score (nSPS) is 11.8. The lowest BCUT2D eigenvalue weighted by atomic mass is 10.1. The molecule has 0 atom stereocenters. The number of carbonyl (C=O) groups excluding carboxylic acids is 2. The van der Waals surface area contributed by atoms with Crippen LogP contribution in [0.15, 0.2) is 48.5 Å². The van der Waals surface area contributed by atoms with Gasteiger partial charge in [-0.25, -0.2) is 9.78 Å². The molecule has 2 aromatic carbocycles. The zero-order valence-corrected chi connectivity index (χ0v) is 16.2. The maximum Gasteiger partial charge on any atom is 0.413 e. The lowest BCUT2D eigenvalue weighted by Gasteiger charge is -2.06. The Morgan fingerprint density at radius 1 is 1.10 bits per heavy atom. The van der Waals surface area contributed by atoms with Crippen molar-refractivity contribution in [3.8, 4) is 22.8 Å². The summed E-state index contributed by atoms with van der Waals surface area (Å²) in [4.78, 5) is 29.0. The molecule has 2 N–H and O–H groups in total. The SMILES string of the molecule is CCOC(=O)Nc1nc(-c2ccccc2)c(NC(=O)c2ccc3c(c2)OCO3)s1. The zero-order valence-electron chi connectivity index (χ0n) is 15.4. The van der Waals surface area contributed by atoms with E-state index in [9.17, 15) is 9.59 Å². The summed E-state index contributed by atoms with van der Waals surface area (Å²) in [6, 6.07) is 14.3. The van der Waals surface area contributed by atoms with Gasteiger partial charge in [0.05, 0.1) is 6.61 Å². The number of hydrogen-bond acceptors (Lipinski definition) is 7. The van der Waals surface area contributed by atoms with Crippen LogP contribution in [0, 0.1) is 0 Å². The van der Waals surface area contributed by atoms with E-state index in [1.807, 2.05) is 30.3 Å². The Morgan fingerprint density at radius 3 is 2.69 bits per heavy atom. The van der Waals surface area contributed by atoms with Crippen molar-refractivity contribution in [3.63, 3.8) is 0 Å². The first-order chi connectivity index (χ1) is 14.1. The van der Waals surface area contributed by atoms with Crippen molar-refractivity contribution in [2.24, 2.45) is 0 Å². The number of hydrogen-bond donors (Lipinski definition) is 2. The van der Waals surface area contributed by atoms with E-state index in [1.54, 1.807) is 25.1 Å². The van der Waals surface area contributed by atoms with Crippen LogP contribution >= 0.6 is 11.3 Å². The topological polar surface area (TPSA) is 98.8 Å². The minimum absolute atomic E-state index is 0.135. The van der Waals surface area contributed by atoms with E-state index in [4.69, 9.17) is 14.2 Å². The second kappa shape index (κ2) is 8.19. The Labute approximate surface area is 170 Å². The average molecular weight is 411 g/mol. The molecule has 4 rings (SSSR count). The lowest BCUT2D eigenvalue weighted by Crippen LogP contribution is -2.12. The quantitative estimate of drug-likeness (QED) is 0.647. The van der Waals surface area contributed by atoms with Crippen molar-refractivity contribution >= 4 is 33.5 Å². The second-order valence-corrected chi connectivity index (χ2v) is 6.93. The van der Waals surface area contributed by atoms with E-state index in [2.05, 4.69) is 15.6 Å². The van der Waals surface area contributed by atoms with Crippen molar-refractivity contribution in [2.45, 2.75) is 6.92 Å². The van der Waals surface area contributed by atoms with Gasteiger partial charge >= 0.3 is 6.09 Å². The van der Waals surface area contributed by atoms with Crippen LogP contribution < -0.4 is 20.1 Å². The maximum absolute atomic E-state index is 12.8. The number of anilines is 2. The first kappa shape index (κ1) is 18.8. The zero-order chi connectivity index (χ0) is 20.2. The highest BCUT2D eigenvalue weighted by Gasteiger charge is 2.20. The molecule has 2 heterocycles. The summed E-state index contributed by atoms with van der Waals surface area (Å²) < 4.78 is 15.5. The molecule has 8 nitrogen and oxygen atoms in total. The second-order valence-electron chi connectivity index (χ2n) is 5.93. The highest BCUT2D eigenvalue weighted by Crippen LogP contribution is 2.37. The molecule has 0 spiro atoms. The van der Waals surface area contributed by atoms with Crippen molar-refractivity contribution in [3.05, 3.63) is 54.1 Å². The molecule has 0 unspecified atom stereocenters. The van der Waals surface area contributed by atoms with Crippen molar-refractivity contribution in [1.29, 1.82) is 0 Å². The monoisotopic (exact) mass is 411 g/mol. The van der Waals surface area contributed by atoms with Gasteiger partial charge in [-0.1, -0.05) is 41.7 Å². The number of carbonyl (C=O) groups is 2.